The molecule has 166 valence electrons. The average Bonchev–Trinajstić information content (AvgIpc) is 3.33. The molecule has 0 aliphatic carbocycles. The van der Waals surface area contributed by atoms with Gasteiger partial charge in [-0.25, -0.2) is 15.8 Å². The van der Waals surface area contributed by atoms with E-state index >= 15 is 0 Å². The van der Waals surface area contributed by atoms with Crippen LogP contribution in [-0.2, 0) is 16.9 Å². The number of hydrogen-bond acceptors (Lipinski definition) is 6. The number of hydrazine groups is 1. The highest BCUT2D eigenvalue weighted by Crippen LogP contribution is 2.35. The number of rotatable bonds is 5. The van der Waals surface area contributed by atoms with E-state index in [1.807, 2.05) is 24.6 Å². The van der Waals surface area contributed by atoms with E-state index in [-0.39, 0.29) is 36.4 Å². The number of aliphatic hydroxyl groups is 1. The van der Waals surface area contributed by atoms with Crippen molar-refractivity contribution in [1.82, 2.24) is 30.5 Å². The lowest BCUT2D eigenvalue weighted by Gasteiger charge is -2.39. The molecular formula is C22H29FN6O2. The number of nitrogens with zero attached hydrogens (tertiary/aromatic N) is 4. The molecule has 0 aromatic carbocycles. The van der Waals surface area contributed by atoms with Crippen molar-refractivity contribution in [1.29, 1.82) is 0 Å². The highest BCUT2D eigenvalue weighted by molar-refractivity contribution is 5.82. The van der Waals surface area contributed by atoms with Gasteiger partial charge < -0.3 is 10.0 Å². The lowest BCUT2D eigenvalue weighted by Crippen LogP contribution is -2.51. The number of hydrogen-bond donors (Lipinski definition) is 3. The van der Waals surface area contributed by atoms with Gasteiger partial charge in [-0.1, -0.05) is 12.1 Å². The van der Waals surface area contributed by atoms with E-state index in [9.17, 15) is 14.3 Å². The smallest absolute Gasteiger partial charge is 0.241 e. The minimum Gasteiger partial charge on any atom is -0.385 e. The molecule has 2 aliphatic heterocycles. The van der Waals surface area contributed by atoms with Crippen molar-refractivity contribution < 1.29 is 14.3 Å². The second kappa shape index (κ2) is 8.49. The monoisotopic (exact) mass is 428 g/mol. The maximum atomic E-state index is 14.1. The largest absolute Gasteiger partial charge is 0.385 e. The molecule has 2 fully saturated rings. The van der Waals surface area contributed by atoms with Crippen LogP contribution in [0.3, 0.4) is 0 Å². The lowest BCUT2D eigenvalue weighted by molar-refractivity contribution is -0.137. The second-order valence-electron chi connectivity index (χ2n) is 8.38. The third-order valence-electron chi connectivity index (χ3n) is 6.45. The molecule has 8 nitrogen and oxygen atoms in total. The number of amides is 1. The summed E-state index contributed by atoms with van der Waals surface area (Å²) in [7, 11) is 0. The highest BCUT2D eigenvalue weighted by Gasteiger charge is 2.41. The van der Waals surface area contributed by atoms with Gasteiger partial charge in [-0.15, -0.1) is 6.58 Å². The van der Waals surface area contributed by atoms with Gasteiger partial charge in [-0.05, 0) is 39.2 Å². The average molecular weight is 429 g/mol. The van der Waals surface area contributed by atoms with E-state index in [0.29, 0.717) is 26.1 Å². The van der Waals surface area contributed by atoms with E-state index in [0.717, 1.165) is 17.0 Å². The van der Waals surface area contributed by atoms with Gasteiger partial charge in [0.05, 0.1) is 23.9 Å². The Balaban J connectivity index is 1.40. The molecule has 4 rings (SSSR count). The number of aromatic nitrogens is 3. The van der Waals surface area contributed by atoms with Crippen LogP contribution in [0.25, 0.3) is 0 Å². The molecule has 0 bridgehead atoms. The first-order valence-electron chi connectivity index (χ1n) is 10.6. The Labute approximate surface area is 181 Å². The Hall–Kier alpha value is -2.62. The Bertz CT molecular complexity index is 982. The topological polar surface area (TPSA) is 95.3 Å². The number of likely N-dealkylation sites (tertiary alicyclic amines) is 1. The summed E-state index contributed by atoms with van der Waals surface area (Å²) in [5.74, 6) is -0.672. The summed E-state index contributed by atoms with van der Waals surface area (Å²) in [4.78, 5) is 18.5. The fourth-order valence-corrected chi connectivity index (χ4v) is 4.74. The van der Waals surface area contributed by atoms with Crippen molar-refractivity contribution in [2.24, 2.45) is 0 Å². The van der Waals surface area contributed by atoms with Crippen LogP contribution >= 0.6 is 0 Å². The minimum atomic E-state index is -1.30. The van der Waals surface area contributed by atoms with Crippen molar-refractivity contribution >= 4 is 5.91 Å². The van der Waals surface area contributed by atoms with Crippen LogP contribution in [0.1, 0.15) is 47.8 Å². The van der Waals surface area contributed by atoms with Crippen LogP contribution in [0, 0.1) is 19.8 Å². The van der Waals surface area contributed by atoms with Gasteiger partial charge in [0.25, 0.3) is 0 Å². The number of allylic oxidation sites excluding steroid dienone is 1. The summed E-state index contributed by atoms with van der Waals surface area (Å²) in [6, 6.07) is 2.79. The van der Waals surface area contributed by atoms with Gasteiger partial charge in [0, 0.05) is 36.1 Å². The zero-order chi connectivity index (χ0) is 22.2. The maximum Gasteiger partial charge on any atom is 0.241 e. The number of pyridine rings is 1. The van der Waals surface area contributed by atoms with Crippen molar-refractivity contribution in [2.45, 2.75) is 57.3 Å². The van der Waals surface area contributed by atoms with Crippen LogP contribution < -0.4 is 10.9 Å². The fraction of sp³-hybridized carbons (Fsp3) is 0.500. The predicted molar refractivity (Wildman–Crippen MR) is 113 cm³/mol. The van der Waals surface area contributed by atoms with E-state index < -0.39 is 11.5 Å². The second-order valence-corrected chi connectivity index (χ2v) is 8.38. The molecule has 2 unspecified atom stereocenters. The molecule has 2 saturated heterocycles. The van der Waals surface area contributed by atoms with E-state index in [2.05, 4.69) is 27.5 Å². The van der Waals surface area contributed by atoms with Gasteiger partial charge in [0.15, 0.2) is 0 Å². The first-order chi connectivity index (χ1) is 14.8. The fourth-order valence-electron chi connectivity index (χ4n) is 4.74. The van der Waals surface area contributed by atoms with Crippen molar-refractivity contribution in [3.8, 4) is 0 Å². The van der Waals surface area contributed by atoms with Crippen LogP contribution in [0.2, 0.25) is 0 Å². The summed E-state index contributed by atoms with van der Waals surface area (Å²) in [5.41, 5.74) is 8.38. The Morgan fingerprint density at radius 1 is 1.39 bits per heavy atom. The van der Waals surface area contributed by atoms with Gasteiger partial charge in [-0.2, -0.15) is 9.49 Å². The summed E-state index contributed by atoms with van der Waals surface area (Å²) in [5, 5.41) is 15.5. The Morgan fingerprint density at radius 3 is 2.81 bits per heavy atom. The molecule has 3 N–H and O–H groups in total. The maximum absolute atomic E-state index is 14.1. The lowest BCUT2D eigenvalue weighted by atomic mass is 9.85. The predicted octanol–water partition coefficient (Wildman–Crippen LogP) is 1.64. The van der Waals surface area contributed by atoms with Crippen molar-refractivity contribution in [3.05, 3.63) is 59.4 Å². The molecule has 2 atom stereocenters. The van der Waals surface area contributed by atoms with Gasteiger partial charge in [-0.3, -0.25) is 9.48 Å². The number of nitrogens with one attached hydrogen (secondary N) is 2. The van der Waals surface area contributed by atoms with E-state index in [1.54, 1.807) is 17.0 Å². The minimum absolute atomic E-state index is 0.0151. The molecule has 31 heavy (non-hydrogen) atoms. The molecule has 2 aromatic heterocycles. The molecule has 0 spiro atoms. The number of aryl methyl sites for hydroxylation is 1. The van der Waals surface area contributed by atoms with E-state index in [4.69, 9.17) is 0 Å². The molecule has 4 heterocycles. The van der Waals surface area contributed by atoms with Gasteiger partial charge >= 0.3 is 0 Å². The van der Waals surface area contributed by atoms with Gasteiger partial charge in [0.2, 0.25) is 11.9 Å². The van der Waals surface area contributed by atoms with Gasteiger partial charge in [0.1, 0.15) is 6.04 Å². The Kier molecular flexibility index (Phi) is 5.92. The van der Waals surface area contributed by atoms with Crippen LogP contribution in [0.15, 0.2) is 31.0 Å². The first kappa shape index (κ1) is 21.6. The zero-order valence-electron chi connectivity index (χ0n) is 17.9. The molecule has 9 heteroatoms. The summed E-state index contributed by atoms with van der Waals surface area (Å²) < 4.78 is 16.0. The first-order valence-corrected chi connectivity index (χ1v) is 10.6. The van der Waals surface area contributed by atoms with E-state index in [1.165, 1.54) is 6.20 Å². The standard InChI is InChI=1S/C22H29FN6O2/c1-4-10-29-15(3)19(14(2)27-29)17-13-18(26-25-17)21(30)28-11-7-22(31,8-12-28)16-6-5-9-24-20(16)23/h4-6,9,17-18,25-26,31H,1,7-8,10-13H2,2-3H3. The summed E-state index contributed by atoms with van der Waals surface area (Å²) in [6.45, 7) is 9.14. The number of piperidine rings is 1. The highest BCUT2D eigenvalue weighted by atomic mass is 19.1. The van der Waals surface area contributed by atoms with Crippen molar-refractivity contribution in [2.75, 3.05) is 13.1 Å². The molecule has 0 saturated carbocycles. The number of carbonyl (C=O) groups is 1. The quantitative estimate of drug-likeness (QED) is 0.495. The molecule has 1 amide bonds. The molecule has 2 aromatic rings. The third-order valence-corrected chi connectivity index (χ3v) is 6.45. The number of carbonyl (C=O) groups excluding carboxylic acids is 1. The number of halogens is 1. The van der Waals surface area contributed by atoms with Crippen molar-refractivity contribution in [3.63, 3.8) is 0 Å². The SMILES string of the molecule is C=CCn1nc(C)c(C2CC(C(=O)N3CCC(O)(c4cccnc4F)CC3)NN2)c1C. The molecular weight excluding hydrogens is 399 g/mol. The van der Waals surface area contributed by atoms with Crippen LogP contribution in [0.4, 0.5) is 4.39 Å². The summed E-state index contributed by atoms with van der Waals surface area (Å²) in [6.07, 6.45) is 4.33. The molecule has 2 aliphatic rings. The molecule has 0 radical (unpaired) electrons. The Morgan fingerprint density at radius 2 is 2.13 bits per heavy atom. The summed E-state index contributed by atoms with van der Waals surface area (Å²) >= 11 is 0. The van der Waals surface area contributed by atoms with Crippen LogP contribution in [0.5, 0.6) is 0 Å². The van der Waals surface area contributed by atoms with Crippen LogP contribution in [-0.4, -0.2) is 49.8 Å². The third kappa shape index (κ3) is 4.00. The zero-order valence-corrected chi connectivity index (χ0v) is 17.9. The normalized spacial score (nSPS) is 23.2.